The Bertz CT molecular complexity index is 737. The molecule has 20 heavy (non-hydrogen) atoms. The first kappa shape index (κ1) is 12.8. The fourth-order valence-corrected chi connectivity index (χ4v) is 2.31. The molecule has 0 bridgehead atoms. The van der Waals surface area contributed by atoms with E-state index in [1.54, 1.807) is 12.4 Å². The Kier molecular flexibility index (Phi) is 3.01. The normalized spacial score (nSPS) is 11.8. The molecule has 0 aliphatic heterocycles. The number of hydrogen-bond donors (Lipinski definition) is 0. The van der Waals surface area contributed by atoms with Gasteiger partial charge in [-0.15, -0.1) is 0 Å². The number of hydrogen-bond acceptors (Lipinski definition) is 2. The number of nitrogens with zero attached hydrogens (tertiary/aromatic N) is 2. The minimum Gasteiger partial charge on any atom is -0.253 e. The van der Waals surface area contributed by atoms with Crippen LogP contribution in [-0.2, 0) is 5.41 Å². The summed E-state index contributed by atoms with van der Waals surface area (Å²) in [4.78, 5) is 8.66. The second-order valence-corrected chi connectivity index (χ2v) is 6.09. The van der Waals surface area contributed by atoms with E-state index in [1.807, 2.05) is 6.07 Å². The molecule has 0 radical (unpaired) electrons. The zero-order valence-electron chi connectivity index (χ0n) is 12.1. The third kappa shape index (κ3) is 2.42. The van der Waals surface area contributed by atoms with E-state index in [0.717, 1.165) is 11.0 Å². The fraction of sp³-hybridized carbons (Fsp3) is 0.222. The lowest BCUT2D eigenvalue weighted by molar-refractivity contribution is 0.590. The fourth-order valence-electron chi connectivity index (χ4n) is 2.31. The Morgan fingerprint density at radius 2 is 1.30 bits per heavy atom. The molecule has 0 fully saturated rings. The molecule has 0 aliphatic carbocycles. The van der Waals surface area contributed by atoms with Gasteiger partial charge >= 0.3 is 0 Å². The molecular formula is C18H18N2. The van der Waals surface area contributed by atoms with E-state index in [1.165, 1.54) is 16.7 Å². The number of rotatable bonds is 1. The van der Waals surface area contributed by atoms with E-state index in [0.29, 0.717) is 0 Å². The van der Waals surface area contributed by atoms with Gasteiger partial charge in [-0.25, -0.2) is 0 Å². The molecule has 0 saturated heterocycles. The average molecular weight is 262 g/mol. The van der Waals surface area contributed by atoms with Crippen molar-refractivity contribution in [3.8, 4) is 11.1 Å². The lowest BCUT2D eigenvalue weighted by Crippen LogP contribution is -2.10. The van der Waals surface area contributed by atoms with Gasteiger partial charge < -0.3 is 0 Å². The number of fused-ring (bicyclic) bond motifs is 1. The van der Waals surface area contributed by atoms with Gasteiger partial charge in [-0.05, 0) is 34.2 Å². The highest BCUT2D eigenvalue weighted by molar-refractivity contribution is 5.81. The standard InChI is InChI=1S/C18H18N2/c1-18(2,3)15-7-4-13(5-8-15)14-6-9-16-17(12-14)20-11-10-19-16/h4-12H,1-3H3. The van der Waals surface area contributed by atoms with Crippen molar-refractivity contribution in [2.75, 3.05) is 0 Å². The molecule has 0 amide bonds. The monoisotopic (exact) mass is 262 g/mol. The first-order valence-corrected chi connectivity index (χ1v) is 6.86. The van der Waals surface area contributed by atoms with E-state index < -0.39 is 0 Å². The van der Waals surface area contributed by atoms with Crippen molar-refractivity contribution < 1.29 is 0 Å². The van der Waals surface area contributed by atoms with E-state index in [2.05, 4.69) is 67.1 Å². The summed E-state index contributed by atoms with van der Waals surface area (Å²) >= 11 is 0. The largest absolute Gasteiger partial charge is 0.253 e. The van der Waals surface area contributed by atoms with Crippen LogP contribution in [0.2, 0.25) is 0 Å². The molecule has 1 aromatic heterocycles. The van der Waals surface area contributed by atoms with Gasteiger partial charge in [0.1, 0.15) is 0 Å². The van der Waals surface area contributed by atoms with Gasteiger partial charge in [0.2, 0.25) is 0 Å². The molecule has 0 saturated carbocycles. The molecule has 0 spiro atoms. The lowest BCUT2D eigenvalue weighted by atomic mass is 9.86. The second kappa shape index (κ2) is 4.71. The molecule has 100 valence electrons. The van der Waals surface area contributed by atoms with Gasteiger partial charge in [-0.3, -0.25) is 9.97 Å². The molecule has 0 N–H and O–H groups in total. The maximum absolute atomic E-state index is 4.36. The van der Waals surface area contributed by atoms with Gasteiger partial charge in [-0.1, -0.05) is 51.1 Å². The second-order valence-electron chi connectivity index (χ2n) is 6.09. The summed E-state index contributed by atoms with van der Waals surface area (Å²) in [5.41, 5.74) is 5.80. The molecule has 3 aromatic rings. The Morgan fingerprint density at radius 3 is 1.95 bits per heavy atom. The average Bonchev–Trinajstić information content (AvgIpc) is 2.46. The molecular weight excluding hydrogens is 244 g/mol. The topological polar surface area (TPSA) is 25.8 Å². The van der Waals surface area contributed by atoms with Gasteiger partial charge in [0.05, 0.1) is 11.0 Å². The number of aromatic nitrogens is 2. The van der Waals surface area contributed by atoms with Crippen LogP contribution < -0.4 is 0 Å². The first-order valence-electron chi connectivity index (χ1n) is 6.86. The van der Waals surface area contributed by atoms with Gasteiger partial charge in [0.25, 0.3) is 0 Å². The summed E-state index contributed by atoms with van der Waals surface area (Å²) in [5.74, 6) is 0. The molecule has 1 heterocycles. The summed E-state index contributed by atoms with van der Waals surface area (Å²) in [5, 5.41) is 0. The summed E-state index contributed by atoms with van der Waals surface area (Å²) in [6, 6.07) is 15.0. The van der Waals surface area contributed by atoms with Crippen LogP contribution in [0.5, 0.6) is 0 Å². The predicted octanol–water partition coefficient (Wildman–Crippen LogP) is 4.59. The molecule has 0 unspecified atom stereocenters. The predicted molar refractivity (Wildman–Crippen MR) is 83.7 cm³/mol. The van der Waals surface area contributed by atoms with Crippen molar-refractivity contribution >= 4 is 11.0 Å². The molecule has 2 heteroatoms. The summed E-state index contributed by atoms with van der Waals surface area (Å²) in [6.07, 6.45) is 3.45. The van der Waals surface area contributed by atoms with Crippen molar-refractivity contribution in [1.29, 1.82) is 0 Å². The maximum atomic E-state index is 4.36. The van der Waals surface area contributed by atoms with E-state index in [9.17, 15) is 0 Å². The highest BCUT2D eigenvalue weighted by atomic mass is 14.8. The van der Waals surface area contributed by atoms with Crippen LogP contribution in [0.4, 0.5) is 0 Å². The van der Waals surface area contributed by atoms with Crippen molar-refractivity contribution in [3.63, 3.8) is 0 Å². The highest BCUT2D eigenvalue weighted by Crippen LogP contribution is 2.27. The Hall–Kier alpha value is -2.22. The van der Waals surface area contributed by atoms with Crippen LogP contribution >= 0.6 is 0 Å². The minimum atomic E-state index is 0.188. The Morgan fingerprint density at radius 1 is 0.700 bits per heavy atom. The van der Waals surface area contributed by atoms with Gasteiger partial charge in [-0.2, -0.15) is 0 Å². The zero-order chi connectivity index (χ0) is 14.2. The maximum Gasteiger partial charge on any atom is 0.0892 e. The zero-order valence-corrected chi connectivity index (χ0v) is 12.1. The summed E-state index contributed by atoms with van der Waals surface area (Å²) < 4.78 is 0. The minimum absolute atomic E-state index is 0.188. The molecule has 2 aromatic carbocycles. The van der Waals surface area contributed by atoms with Crippen molar-refractivity contribution in [2.45, 2.75) is 26.2 Å². The van der Waals surface area contributed by atoms with Crippen LogP contribution in [0.1, 0.15) is 26.3 Å². The van der Waals surface area contributed by atoms with Crippen LogP contribution in [0, 0.1) is 0 Å². The van der Waals surface area contributed by atoms with Gasteiger partial charge in [0.15, 0.2) is 0 Å². The molecule has 0 aliphatic rings. The van der Waals surface area contributed by atoms with Crippen LogP contribution in [-0.4, -0.2) is 9.97 Å². The van der Waals surface area contributed by atoms with Crippen LogP contribution in [0.3, 0.4) is 0 Å². The molecule has 3 rings (SSSR count). The van der Waals surface area contributed by atoms with E-state index in [4.69, 9.17) is 0 Å². The Labute approximate surface area is 119 Å². The van der Waals surface area contributed by atoms with E-state index in [-0.39, 0.29) is 5.41 Å². The third-order valence-corrected chi connectivity index (χ3v) is 3.55. The van der Waals surface area contributed by atoms with Gasteiger partial charge in [0, 0.05) is 12.4 Å². The third-order valence-electron chi connectivity index (χ3n) is 3.55. The van der Waals surface area contributed by atoms with Crippen LogP contribution in [0.25, 0.3) is 22.2 Å². The Balaban J connectivity index is 2.02. The summed E-state index contributed by atoms with van der Waals surface area (Å²) in [6.45, 7) is 6.69. The molecule has 2 nitrogen and oxygen atoms in total. The van der Waals surface area contributed by atoms with Crippen molar-refractivity contribution in [1.82, 2.24) is 9.97 Å². The highest BCUT2D eigenvalue weighted by Gasteiger charge is 2.13. The molecule has 0 atom stereocenters. The SMILES string of the molecule is CC(C)(C)c1ccc(-c2ccc3nccnc3c2)cc1. The van der Waals surface area contributed by atoms with Crippen molar-refractivity contribution in [2.24, 2.45) is 0 Å². The summed E-state index contributed by atoms with van der Waals surface area (Å²) in [7, 11) is 0. The van der Waals surface area contributed by atoms with Crippen LogP contribution in [0.15, 0.2) is 54.9 Å². The smallest absolute Gasteiger partial charge is 0.0892 e. The quantitative estimate of drug-likeness (QED) is 0.640. The number of benzene rings is 2. The van der Waals surface area contributed by atoms with E-state index >= 15 is 0 Å². The van der Waals surface area contributed by atoms with Crippen molar-refractivity contribution in [3.05, 3.63) is 60.4 Å². The first-order chi connectivity index (χ1) is 9.54. The lowest BCUT2D eigenvalue weighted by Gasteiger charge is -2.19.